The summed E-state index contributed by atoms with van der Waals surface area (Å²) in [7, 11) is 0. The van der Waals surface area contributed by atoms with E-state index in [2.05, 4.69) is 6.07 Å². The standard InChI is InChI=1S/C14H14N2O/c15-8-7-13(16)10-17-14-6-5-11-3-1-2-4-12(11)9-14/h1-6,9,13H,7,10,16H2. The molecule has 0 aromatic heterocycles. The second kappa shape index (κ2) is 5.33. The normalized spacial score (nSPS) is 12.0. The number of hydrogen-bond donors (Lipinski definition) is 1. The molecule has 17 heavy (non-hydrogen) atoms. The molecule has 0 heterocycles. The molecular formula is C14H14N2O. The summed E-state index contributed by atoms with van der Waals surface area (Å²) in [5, 5.41) is 10.8. The van der Waals surface area contributed by atoms with E-state index in [4.69, 9.17) is 15.7 Å². The molecule has 2 N–H and O–H groups in total. The smallest absolute Gasteiger partial charge is 0.120 e. The Balaban J connectivity index is 2.07. The quantitative estimate of drug-likeness (QED) is 0.871. The van der Waals surface area contributed by atoms with Crippen LogP contribution in [0.1, 0.15) is 6.42 Å². The van der Waals surface area contributed by atoms with Crippen molar-refractivity contribution < 1.29 is 4.74 Å². The molecule has 1 atom stereocenters. The van der Waals surface area contributed by atoms with Gasteiger partial charge in [-0.3, -0.25) is 0 Å². The van der Waals surface area contributed by atoms with Gasteiger partial charge in [-0.15, -0.1) is 0 Å². The van der Waals surface area contributed by atoms with Gasteiger partial charge in [0.15, 0.2) is 0 Å². The molecule has 0 aliphatic heterocycles. The molecule has 2 aromatic carbocycles. The first-order valence-electron chi connectivity index (χ1n) is 5.54. The molecule has 3 nitrogen and oxygen atoms in total. The van der Waals surface area contributed by atoms with Gasteiger partial charge in [-0.25, -0.2) is 0 Å². The molecule has 0 aliphatic rings. The Morgan fingerprint density at radius 2 is 1.94 bits per heavy atom. The summed E-state index contributed by atoms with van der Waals surface area (Å²) in [6, 6.07) is 15.8. The summed E-state index contributed by atoms with van der Waals surface area (Å²) in [6.07, 6.45) is 0.313. The van der Waals surface area contributed by atoms with Crippen LogP contribution in [0.5, 0.6) is 5.75 Å². The predicted octanol–water partition coefficient (Wildman–Crippen LogP) is 2.46. The van der Waals surface area contributed by atoms with Crippen LogP contribution in [0.2, 0.25) is 0 Å². The van der Waals surface area contributed by atoms with Gasteiger partial charge >= 0.3 is 0 Å². The first kappa shape index (κ1) is 11.4. The molecule has 0 amide bonds. The molecule has 0 fully saturated rings. The average Bonchev–Trinajstić information content (AvgIpc) is 2.36. The molecule has 86 valence electrons. The zero-order chi connectivity index (χ0) is 12.1. The molecule has 0 saturated heterocycles. The lowest BCUT2D eigenvalue weighted by Gasteiger charge is -2.10. The van der Waals surface area contributed by atoms with E-state index >= 15 is 0 Å². The minimum absolute atomic E-state index is 0.230. The molecule has 0 aliphatic carbocycles. The van der Waals surface area contributed by atoms with Crippen LogP contribution in [-0.4, -0.2) is 12.6 Å². The fraction of sp³-hybridized carbons (Fsp3) is 0.214. The van der Waals surface area contributed by atoms with Gasteiger partial charge in [-0.05, 0) is 22.9 Å². The molecule has 1 unspecified atom stereocenters. The van der Waals surface area contributed by atoms with Gasteiger partial charge in [0.25, 0.3) is 0 Å². The molecular weight excluding hydrogens is 212 g/mol. The Bertz CT molecular complexity index is 545. The summed E-state index contributed by atoms with van der Waals surface area (Å²) >= 11 is 0. The molecule has 2 aromatic rings. The van der Waals surface area contributed by atoms with Crippen molar-refractivity contribution in [3.63, 3.8) is 0 Å². The molecule has 0 saturated carbocycles. The Morgan fingerprint density at radius 1 is 1.18 bits per heavy atom. The third-order valence-electron chi connectivity index (χ3n) is 2.54. The number of nitriles is 1. The molecule has 2 rings (SSSR count). The van der Waals surface area contributed by atoms with E-state index in [-0.39, 0.29) is 6.04 Å². The van der Waals surface area contributed by atoms with Gasteiger partial charge in [-0.2, -0.15) is 5.26 Å². The molecule has 0 spiro atoms. The summed E-state index contributed by atoms with van der Waals surface area (Å²) in [6.45, 7) is 0.367. The second-order valence-electron chi connectivity index (χ2n) is 3.94. The molecule has 3 heteroatoms. The lowest BCUT2D eigenvalue weighted by molar-refractivity contribution is 0.290. The Labute approximate surface area is 100 Å². The van der Waals surface area contributed by atoms with E-state index in [1.807, 2.05) is 42.5 Å². The average molecular weight is 226 g/mol. The second-order valence-corrected chi connectivity index (χ2v) is 3.94. The predicted molar refractivity (Wildman–Crippen MR) is 67.6 cm³/mol. The van der Waals surface area contributed by atoms with Crippen molar-refractivity contribution in [2.24, 2.45) is 5.73 Å². The van der Waals surface area contributed by atoms with E-state index in [0.29, 0.717) is 13.0 Å². The number of fused-ring (bicyclic) bond motifs is 1. The maximum absolute atomic E-state index is 8.49. The monoisotopic (exact) mass is 226 g/mol. The van der Waals surface area contributed by atoms with Gasteiger partial charge in [0.1, 0.15) is 12.4 Å². The van der Waals surface area contributed by atoms with Crippen molar-refractivity contribution in [2.45, 2.75) is 12.5 Å². The van der Waals surface area contributed by atoms with Crippen LogP contribution in [0.3, 0.4) is 0 Å². The highest BCUT2D eigenvalue weighted by atomic mass is 16.5. The highest BCUT2D eigenvalue weighted by molar-refractivity contribution is 5.83. The zero-order valence-corrected chi connectivity index (χ0v) is 9.47. The first-order chi connectivity index (χ1) is 8.29. The number of benzene rings is 2. The highest BCUT2D eigenvalue weighted by Gasteiger charge is 2.03. The maximum Gasteiger partial charge on any atom is 0.120 e. The maximum atomic E-state index is 8.49. The summed E-state index contributed by atoms with van der Waals surface area (Å²) in [5.41, 5.74) is 5.70. The van der Waals surface area contributed by atoms with E-state index in [1.54, 1.807) is 0 Å². The van der Waals surface area contributed by atoms with Crippen molar-refractivity contribution in [3.05, 3.63) is 42.5 Å². The zero-order valence-electron chi connectivity index (χ0n) is 9.47. The van der Waals surface area contributed by atoms with Crippen LogP contribution in [0.4, 0.5) is 0 Å². The van der Waals surface area contributed by atoms with Crippen molar-refractivity contribution in [3.8, 4) is 11.8 Å². The summed E-state index contributed by atoms with van der Waals surface area (Å²) in [4.78, 5) is 0. The fourth-order valence-electron chi connectivity index (χ4n) is 1.64. The lowest BCUT2D eigenvalue weighted by atomic mass is 10.1. The Hall–Kier alpha value is -2.05. The number of ether oxygens (including phenoxy) is 1. The van der Waals surface area contributed by atoms with Gasteiger partial charge in [0.05, 0.1) is 18.5 Å². The number of nitrogens with two attached hydrogens (primary N) is 1. The van der Waals surface area contributed by atoms with Crippen molar-refractivity contribution in [1.82, 2.24) is 0 Å². The van der Waals surface area contributed by atoms with Crippen LogP contribution in [0.15, 0.2) is 42.5 Å². The van der Waals surface area contributed by atoms with Crippen molar-refractivity contribution in [2.75, 3.05) is 6.61 Å². The number of nitrogens with zero attached hydrogens (tertiary/aromatic N) is 1. The SMILES string of the molecule is N#CCC(N)COc1ccc2ccccc2c1. The first-order valence-corrected chi connectivity index (χ1v) is 5.54. The van der Waals surface area contributed by atoms with Crippen LogP contribution in [0, 0.1) is 11.3 Å². The minimum atomic E-state index is -0.230. The van der Waals surface area contributed by atoms with Crippen LogP contribution in [0.25, 0.3) is 10.8 Å². The Kier molecular flexibility index (Phi) is 3.59. The van der Waals surface area contributed by atoms with Crippen LogP contribution in [-0.2, 0) is 0 Å². The van der Waals surface area contributed by atoms with Gasteiger partial charge in [0, 0.05) is 0 Å². The fourth-order valence-corrected chi connectivity index (χ4v) is 1.64. The number of rotatable bonds is 4. The van der Waals surface area contributed by atoms with E-state index < -0.39 is 0 Å². The third-order valence-corrected chi connectivity index (χ3v) is 2.54. The minimum Gasteiger partial charge on any atom is -0.492 e. The highest BCUT2D eigenvalue weighted by Crippen LogP contribution is 2.20. The summed E-state index contributed by atoms with van der Waals surface area (Å²) < 4.78 is 5.55. The molecule has 0 bridgehead atoms. The topological polar surface area (TPSA) is 59.0 Å². The summed E-state index contributed by atoms with van der Waals surface area (Å²) in [5.74, 6) is 0.789. The number of hydrogen-bond acceptors (Lipinski definition) is 3. The molecule has 0 radical (unpaired) electrons. The van der Waals surface area contributed by atoms with E-state index in [1.165, 1.54) is 5.39 Å². The van der Waals surface area contributed by atoms with Crippen molar-refractivity contribution in [1.29, 1.82) is 5.26 Å². The van der Waals surface area contributed by atoms with Crippen molar-refractivity contribution >= 4 is 10.8 Å². The third kappa shape index (κ3) is 2.96. The van der Waals surface area contributed by atoms with Crippen LogP contribution >= 0.6 is 0 Å². The Morgan fingerprint density at radius 3 is 2.71 bits per heavy atom. The van der Waals surface area contributed by atoms with Gasteiger partial charge in [-0.1, -0.05) is 30.3 Å². The van der Waals surface area contributed by atoms with Gasteiger partial charge < -0.3 is 10.5 Å². The lowest BCUT2D eigenvalue weighted by Crippen LogP contribution is -2.27. The van der Waals surface area contributed by atoms with E-state index in [9.17, 15) is 0 Å². The van der Waals surface area contributed by atoms with Crippen LogP contribution < -0.4 is 10.5 Å². The van der Waals surface area contributed by atoms with E-state index in [0.717, 1.165) is 11.1 Å². The largest absolute Gasteiger partial charge is 0.492 e. The van der Waals surface area contributed by atoms with Gasteiger partial charge in [0.2, 0.25) is 0 Å².